The fraction of sp³-hybridized carbons (Fsp3) is 0.842. The van der Waals surface area contributed by atoms with Crippen molar-refractivity contribution in [2.45, 2.75) is 89.9 Å². The number of ether oxygens (including phenoxy) is 2. The Kier molecular flexibility index (Phi) is 7.18. The third kappa shape index (κ3) is 4.76. The van der Waals surface area contributed by atoms with Crippen LogP contribution in [0.1, 0.15) is 47.0 Å². The first kappa shape index (κ1) is 22.4. The van der Waals surface area contributed by atoms with Crippen LogP contribution in [0.25, 0.3) is 0 Å². The largest absolute Gasteiger partial charge is 0.394 e. The molecule has 2 aliphatic rings. The van der Waals surface area contributed by atoms with Crippen molar-refractivity contribution >= 4 is 5.78 Å². The van der Waals surface area contributed by atoms with Crippen molar-refractivity contribution in [2.24, 2.45) is 5.41 Å². The Hall–Kier alpha value is -0.870. The van der Waals surface area contributed by atoms with E-state index in [4.69, 9.17) is 9.47 Å². The summed E-state index contributed by atoms with van der Waals surface area (Å²) in [6.45, 7) is 6.86. The standard InChI is InChI=1S/C19H32O8/c1-9(21)5-6-11-10(2)14(22)12(7-19(11,3)4)26-18-17(25)16(24)15(23)13(8-20)27-18/h9,12-13,15-18,20-21,23-25H,5-8H2,1-4H3/t9-,12-,13-,15-,16+,17-,18-/m1/s1. The Morgan fingerprint density at radius 3 is 2.41 bits per heavy atom. The van der Waals surface area contributed by atoms with E-state index in [1.807, 2.05) is 13.8 Å². The predicted molar refractivity (Wildman–Crippen MR) is 95.7 cm³/mol. The van der Waals surface area contributed by atoms with Crippen LogP contribution in [0.2, 0.25) is 0 Å². The van der Waals surface area contributed by atoms with Crippen molar-refractivity contribution in [1.82, 2.24) is 0 Å². The van der Waals surface area contributed by atoms with Crippen molar-refractivity contribution in [2.75, 3.05) is 6.61 Å². The van der Waals surface area contributed by atoms with Gasteiger partial charge < -0.3 is 35.0 Å². The van der Waals surface area contributed by atoms with Crippen molar-refractivity contribution in [3.63, 3.8) is 0 Å². The molecule has 7 atom stereocenters. The number of rotatable bonds is 6. The molecular weight excluding hydrogens is 356 g/mol. The normalized spacial score (nSPS) is 38.2. The highest BCUT2D eigenvalue weighted by Crippen LogP contribution is 2.43. The van der Waals surface area contributed by atoms with Gasteiger partial charge in [0, 0.05) is 0 Å². The topological polar surface area (TPSA) is 137 Å². The van der Waals surface area contributed by atoms with Gasteiger partial charge in [-0.1, -0.05) is 19.4 Å². The molecule has 0 saturated carbocycles. The van der Waals surface area contributed by atoms with Crippen LogP contribution < -0.4 is 0 Å². The lowest BCUT2D eigenvalue weighted by Gasteiger charge is -2.43. The average Bonchev–Trinajstić information content (AvgIpc) is 2.59. The molecule has 2 rings (SSSR count). The zero-order chi connectivity index (χ0) is 20.5. The molecule has 8 heteroatoms. The van der Waals surface area contributed by atoms with Crippen molar-refractivity contribution in [3.05, 3.63) is 11.1 Å². The minimum absolute atomic E-state index is 0.230. The molecular formula is C19H32O8. The highest BCUT2D eigenvalue weighted by atomic mass is 16.7. The summed E-state index contributed by atoms with van der Waals surface area (Å²) in [5.41, 5.74) is 1.19. The lowest BCUT2D eigenvalue weighted by molar-refractivity contribution is -0.309. The second kappa shape index (κ2) is 8.65. The van der Waals surface area contributed by atoms with Crippen LogP contribution in [-0.2, 0) is 14.3 Å². The van der Waals surface area contributed by atoms with Crippen LogP contribution in [0, 0.1) is 5.41 Å². The summed E-state index contributed by atoms with van der Waals surface area (Å²) >= 11 is 0. The Balaban J connectivity index is 2.17. The molecule has 0 aromatic rings. The van der Waals surface area contributed by atoms with Crippen LogP contribution in [0.3, 0.4) is 0 Å². The summed E-state index contributed by atoms with van der Waals surface area (Å²) < 4.78 is 11.1. The highest BCUT2D eigenvalue weighted by Gasteiger charge is 2.47. The summed E-state index contributed by atoms with van der Waals surface area (Å²) in [7, 11) is 0. The minimum Gasteiger partial charge on any atom is -0.394 e. The Morgan fingerprint density at radius 2 is 1.85 bits per heavy atom. The molecule has 1 saturated heterocycles. The van der Waals surface area contributed by atoms with E-state index in [-0.39, 0.29) is 11.2 Å². The SMILES string of the molecule is CC1=C(CC[C@@H](C)O)C(C)(C)C[C@@H](O[C@@H]2O[C@H](CO)[C@@H](O)[C@H](O)[C@H]2O)C1=O. The van der Waals surface area contributed by atoms with Gasteiger partial charge in [0.05, 0.1) is 12.7 Å². The minimum atomic E-state index is -1.55. The molecule has 1 heterocycles. The maximum absolute atomic E-state index is 12.8. The van der Waals surface area contributed by atoms with Gasteiger partial charge in [0.2, 0.25) is 0 Å². The zero-order valence-corrected chi connectivity index (χ0v) is 16.3. The first-order valence-corrected chi connectivity index (χ1v) is 9.38. The lowest BCUT2D eigenvalue weighted by Crippen LogP contribution is -2.60. The van der Waals surface area contributed by atoms with E-state index >= 15 is 0 Å². The van der Waals surface area contributed by atoms with Gasteiger partial charge in [0.15, 0.2) is 12.1 Å². The van der Waals surface area contributed by atoms with E-state index in [0.717, 1.165) is 5.57 Å². The summed E-state index contributed by atoms with van der Waals surface area (Å²) in [4.78, 5) is 12.8. The first-order valence-electron chi connectivity index (χ1n) is 9.38. The number of aliphatic hydroxyl groups is 5. The molecule has 0 aromatic carbocycles. The quantitative estimate of drug-likeness (QED) is 0.416. The van der Waals surface area contributed by atoms with Crippen LogP contribution in [0.5, 0.6) is 0 Å². The third-order valence-electron chi connectivity index (χ3n) is 5.59. The van der Waals surface area contributed by atoms with Gasteiger partial charge in [-0.05, 0) is 44.1 Å². The Labute approximate surface area is 159 Å². The number of hydrogen-bond acceptors (Lipinski definition) is 8. The number of aliphatic hydroxyl groups excluding tert-OH is 5. The van der Waals surface area contributed by atoms with Crippen LogP contribution in [-0.4, -0.2) is 80.8 Å². The molecule has 0 bridgehead atoms. The number of hydrogen-bond donors (Lipinski definition) is 5. The molecule has 0 amide bonds. The summed E-state index contributed by atoms with van der Waals surface area (Å²) in [5, 5.41) is 48.7. The summed E-state index contributed by atoms with van der Waals surface area (Å²) in [6.07, 6.45) is -6.81. The van der Waals surface area contributed by atoms with Crippen molar-refractivity contribution in [3.8, 4) is 0 Å². The summed E-state index contributed by atoms with van der Waals surface area (Å²) in [6, 6.07) is 0. The fourth-order valence-electron chi connectivity index (χ4n) is 3.91. The van der Waals surface area contributed by atoms with Gasteiger partial charge in [-0.2, -0.15) is 0 Å². The molecule has 1 aliphatic heterocycles. The van der Waals surface area contributed by atoms with Crippen LogP contribution in [0.4, 0.5) is 0 Å². The first-order chi connectivity index (χ1) is 12.5. The van der Waals surface area contributed by atoms with Gasteiger partial charge in [-0.25, -0.2) is 0 Å². The molecule has 1 fully saturated rings. The third-order valence-corrected chi connectivity index (χ3v) is 5.59. The van der Waals surface area contributed by atoms with E-state index in [2.05, 4.69) is 0 Å². The monoisotopic (exact) mass is 388 g/mol. The Morgan fingerprint density at radius 1 is 1.22 bits per heavy atom. The van der Waals surface area contributed by atoms with Gasteiger partial charge in [0.25, 0.3) is 0 Å². The van der Waals surface area contributed by atoms with E-state index in [1.165, 1.54) is 0 Å². The highest BCUT2D eigenvalue weighted by molar-refractivity contribution is 6.00. The van der Waals surface area contributed by atoms with Crippen molar-refractivity contribution in [1.29, 1.82) is 0 Å². The maximum atomic E-state index is 12.8. The van der Waals surface area contributed by atoms with Gasteiger partial charge in [-0.3, -0.25) is 4.79 Å². The number of ketones is 1. The lowest BCUT2D eigenvalue weighted by atomic mass is 9.69. The smallest absolute Gasteiger partial charge is 0.187 e. The van der Waals surface area contributed by atoms with E-state index in [9.17, 15) is 30.3 Å². The number of Topliss-reactive ketones (excluding diaryl/α,β-unsaturated/α-hetero) is 1. The molecule has 1 aliphatic carbocycles. The van der Waals surface area contributed by atoms with Gasteiger partial charge in [0.1, 0.15) is 30.5 Å². The average molecular weight is 388 g/mol. The molecule has 8 nitrogen and oxygen atoms in total. The fourth-order valence-corrected chi connectivity index (χ4v) is 3.91. The Bertz CT molecular complexity index is 568. The predicted octanol–water partition coefficient (Wildman–Crippen LogP) is -0.352. The van der Waals surface area contributed by atoms with E-state index < -0.39 is 49.5 Å². The molecule has 0 unspecified atom stereocenters. The van der Waals surface area contributed by atoms with E-state index in [0.29, 0.717) is 24.8 Å². The van der Waals surface area contributed by atoms with Gasteiger partial charge in [-0.15, -0.1) is 0 Å². The molecule has 0 aromatic heterocycles. The molecule has 156 valence electrons. The van der Waals surface area contributed by atoms with Crippen molar-refractivity contribution < 1.29 is 39.8 Å². The van der Waals surface area contributed by atoms with E-state index in [1.54, 1.807) is 13.8 Å². The van der Waals surface area contributed by atoms with Gasteiger partial charge >= 0.3 is 0 Å². The molecule has 0 radical (unpaired) electrons. The number of carbonyl (C=O) groups excluding carboxylic acids is 1. The maximum Gasteiger partial charge on any atom is 0.187 e. The second-order valence-electron chi connectivity index (χ2n) is 8.27. The molecule has 5 N–H and O–H groups in total. The number of carbonyl (C=O) groups is 1. The summed E-state index contributed by atoms with van der Waals surface area (Å²) in [5.74, 6) is -0.230. The van der Waals surface area contributed by atoms with Crippen LogP contribution in [0.15, 0.2) is 11.1 Å². The molecule has 27 heavy (non-hydrogen) atoms. The second-order valence-corrected chi connectivity index (χ2v) is 8.27. The number of allylic oxidation sites excluding steroid dienone is 1. The molecule has 0 spiro atoms. The van der Waals surface area contributed by atoms with Crippen LogP contribution >= 0.6 is 0 Å². The zero-order valence-electron chi connectivity index (χ0n) is 16.3.